The number of hydrogen-bond acceptors (Lipinski definition) is 8. The summed E-state index contributed by atoms with van der Waals surface area (Å²) in [7, 11) is 0. The Hall–Kier alpha value is -3.48. The van der Waals surface area contributed by atoms with Crippen molar-refractivity contribution in [2.24, 2.45) is 0 Å². The summed E-state index contributed by atoms with van der Waals surface area (Å²) in [6.07, 6.45) is 2.64. The smallest absolute Gasteiger partial charge is 0.415 e. The Morgan fingerprint density at radius 2 is 1.94 bits per heavy atom. The van der Waals surface area contributed by atoms with Gasteiger partial charge in [0.2, 0.25) is 5.91 Å². The van der Waals surface area contributed by atoms with Gasteiger partial charge in [0.1, 0.15) is 30.0 Å². The number of halogens is 2. The molecular formula is C20H23F2N5O6. The molecule has 0 aliphatic carbocycles. The van der Waals surface area contributed by atoms with Crippen LogP contribution in [0, 0.1) is 10.1 Å². The number of likely N-dealkylation sites (tertiary alicyclic amines) is 1. The Balaban J connectivity index is 1.23. The van der Waals surface area contributed by atoms with Gasteiger partial charge in [-0.15, -0.1) is 0 Å². The zero-order valence-electron chi connectivity index (χ0n) is 17.6. The number of nitrogens with zero attached hydrogens (tertiary/aromatic N) is 4. The fourth-order valence-electron chi connectivity index (χ4n) is 3.84. The lowest BCUT2D eigenvalue weighted by atomic mass is 10.1. The van der Waals surface area contributed by atoms with Gasteiger partial charge in [-0.25, -0.2) is 0 Å². The molecule has 11 nitrogen and oxygen atoms in total. The second kappa shape index (κ2) is 9.98. The quantitative estimate of drug-likeness (QED) is 0.464. The molecule has 1 aromatic heterocycles. The third-order valence-electron chi connectivity index (χ3n) is 5.41. The SMILES string of the molecule is O=C(CN1CCC(Oc2ccc(OC(F)F)cc2)CC1)N[C@@H]1CCOc2nc([N+](=O)[O-])cn21. The highest BCUT2D eigenvalue weighted by atomic mass is 19.3. The van der Waals surface area contributed by atoms with Gasteiger partial charge >= 0.3 is 18.4 Å². The van der Waals surface area contributed by atoms with Gasteiger partial charge in [-0.1, -0.05) is 0 Å². The maximum absolute atomic E-state index is 12.6. The van der Waals surface area contributed by atoms with Crippen LogP contribution in [0.1, 0.15) is 25.4 Å². The van der Waals surface area contributed by atoms with Crippen molar-refractivity contribution in [2.45, 2.75) is 38.1 Å². The van der Waals surface area contributed by atoms with E-state index in [1.165, 1.54) is 22.9 Å². The minimum atomic E-state index is -2.87. The molecule has 13 heteroatoms. The second-order valence-corrected chi connectivity index (χ2v) is 7.71. The van der Waals surface area contributed by atoms with E-state index in [2.05, 4.69) is 15.0 Å². The van der Waals surface area contributed by atoms with Crippen molar-refractivity contribution in [3.63, 3.8) is 0 Å². The number of benzene rings is 1. The van der Waals surface area contributed by atoms with E-state index in [4.69, 9.17) is 9.47 Å². The molecule has 1 atom stereocenters. The van der Waals surface area contributed by atoms with Crippen molar-refractivity contribution in [3.8, 4) is 17.5 Å². The Kier molecular flexibility index (Phi) is 6.87. The number of amides is 1. The minimum Gasteiger partial charge on any atom is -0.490 e. The zero-order chi connectivity index (χ0) is 23.4. The molecule has 0 spiro atoms. The second-order valence-electron chi connectivity index (χ2n) is 7.71. The molecular weight excluding hydrogens is 444 g/mol. The van der Waals surface area contributed by atoms with Crippen molar-refractivity contribution in [3.05, 3.63) is 40.6 Å². The molecule has 178 valence electrons. The molecule has 2 aromatic rings. The first kappa shape index (κ1) is 22.7. The van der Waals surface area contributed by atoms with Crippen molar-refractivity contribution in [1.82, 2.24) is 19.8 Å². The molecule has 2 aliphatic heterocycles. The van der Waals surface area contributed by atoms with Gasteiger partial charge in [-0.05, 0) is 42.0 Å². The molecule has 2 aliphatic rings. The van der Waals surface area contributed by atoms with Gasteiger partial charge in [-0.3, -0.25) is 14.3 Å². The molecule has 33 heavy (non-hydrogen) atoms. The number of rotatable bonds is 8. The number of piperidine rings is 1. The molecule has 3 heterocycles. The summed E-state index contributed by atoms with van der Waals surface area (Å²) in [5.41, 5.74) is 0. The lowest BCUT2D eigenvalue weighted by Gasteiger charge is -2.32. The molecule has 1 N–H and O–H groups in total. The van der Waals surface area contributed by atoms with E-state index in [0.29, 0.717) is 44.7 Å². The number of carbonyl (C=O) groups excluding carboxylic acids is 1. The number of fused-ring (bicyclic) bond motifs is 1. The van der Waals surface area contributed by atoms with Crippen LogP contribution in [0.5, 0.6) is 17.5 Å². The largest absolute Gasteiger partial charge is 0.490 e. The average molecular weight is 467 g/mol. The average Bonchev–Trinajstić information content (AvgIpc) is 3.22. The monoisotopic (exact) mass is 467 g/mol. The van der Waals surface area contributed by atoms with Crippen LogP contribution in [0.25, 0.3) is 0 Å². The van der Waals surface area contributed by atoms with E-state index in [-0.39, 0.29) is 36.1 Å². The number of alkyl halides is 2. The van der Waals surface area contributed by atoms with Crippen LogP contribution in [0.2, 0.25) is 0 Å². The van der Waals surface area contributed by atoms with Crippen LogP contribution in [0.3, 0.4) is 0 Å². The van der Waals surface area contributed by atoms with E-state index in [0.717, 1.165) is 0 Å². The summed E-state index contributed by atoms with van der Waals surface area (Å²) in [6, 6.07) is 6.14. The molecule has 0 bridgehead atoms. The topological polar surface area (TPSA) is 121 Å². The van der Waals surface area contributed by atoms with E-state index in [1.54, 1.807) is 12.1 Å². The molecule has 1 saturated heterocycles. The minimum absolute atomic E-state index is 0.0456. The summed E-state index contributed by atoms with van der Waals surface area (Å²) >= 11 is 0. The lowest BCUT2D eigenvalue weighted by molar-refractivity contribution is -0.389. The lowest BCUT2D eigenvalue weighted by Crippen LogP contribution is -2.45. The maximum atomic E-state index is 12.6. The van der Waals surface area contributed by atoms with E-state index < -0.39 is 17.7 Å². The maximum Gasteiger partial charge on any atom is 0.415 e. The Bertz CT molecular complexity index is 978. The predicted molar refractivity (Wildman–Crippen MR) is 109 cm³/mol. The molecule has 1 fully saturated rings. The Labute approximate surface area is 187 Å². The number of ether oxygens (including phenoxy) is 3. The number of carbonyl (C=O) groups is 1. The molecule has 1 amide bonds. The summed E-state index contributed by atoms with van der Waals surface area (Å²) in [5.74, 6) is 0.111. The molecule has 0 unspecified atom stereocenters. The fourth-order valence-corrected chi connectivity index (χ4v) is 3.84. The molecule has 4 rings (SSSR count). The summed E-state index contributed by atoms with van der Waals surface area (Å²) in [4.78, 5) is 28.7. The summed E-state index contributed by atoms with van der Waals surface area (Å²) in [5, 5.41) is 13.8. The van der Waals surface area contributed by atoms with E-state index in [9.17, 15) is 23.7 Å². The van der Waals surface area contributed by atoms with Gasteiger partial charge < -0.3 is 29.6 Å². The van der Waals surface area contributed by atoms with Crippen LogP contribution < -0.4 is 19.5 Å². The Morgan fingerprint density at radius 1 is 1.24 bits per heavy atom. The molecule has 0 radical (unpaired) electrons. The molecule has 0 saturated carbocycles. The van der Waals surface area contributed by atoms with Crippen molar-refractivity contribution in [1.29, 1.82) is 0 Å². The number of hydrogen-bond donors (Lipinski definition) is 1. The van der Waals surface area contributed by atoms with E-state index >= 15 is 0 Å². The Morgan fingerprint density at radius 3 is 2.61 bits per heavy atom. The number of nitro groups is 1. The van der Waals surface area contributed by atoms with Crippen molar-refractivity contribution < 1.29 is 32.7 Å². The van der Waals surface area contributed by atoms with E-state index in [1.807, 2.05) is 4.90 Å². The normalized spacial score (nSPS) is 18.9. The first-order valence-corrected chi connectivity index (χ1v) is 10.5. The third kappa shape index (κ3) is 5.86. The predicted octanol–water partition coefficient (Wildman–Crippen LogP) is 2.33. The highest BCUT2D eigenvalue weighted by Crippen LogP contribution is 2.27. The standard InChI is InChI=1S/C20H23F2N5O6/c21-19(22)33-14-3-1-13(2-4-14)32-15-5-8-25(9-6-15)12-18(28)23-16-7-10-31-20-24-17(27(29)30)11-26(16)20/h1-4,11,15-16,19H,5-10,12H2,(H,23,28)/t16-/m0/s1. The molecule has 1 aromatic carbocycles. The first-order chi connectivity index (χ1) is 15.9. The van der Waals surface area contributed by atoms with Crippen LogP contribution in [0.15, 0.2) is 30.5 Å². The fraction of sp³-hybridized carbons (Fsp3) is 0.500. The number of imidazole rings is 1. The van der Waals surface area contributed by atoms with Crippen molar-refractivity contribution >= 4 is 11.7 Å². The van der Waals surface area contributed by atoms with Gasteiger partial charge in [0.15, 0.2) is 0 Å². The van der Waals surface area contributed by atoms with Gasteiger partial charge in [-0.2, -0.15) is 8.78 Å². The number of aromatic nitrogens is 2. The number of nitrogens with one attached hydrogen (secondary N) is 1. The van der Waals surface area contributed by atoms with Crippen LogP contribution in [-0.2, 0) is 4.79 Å². The zero-order valence-corrected chi connectivity index (χ0v) is 17.6. The van der Waals surface area contributed by atoms with Crippen LogP contribution in [-0.4, -0.2) is 64.2 Å². The highest BCUT2D eigenvalue weighted by molar-refractivity contribution is 5.78. The van der Waals surface area contributed by atoms with Gasteiger partial charge in [0.25, 0.3) is 0 Å². The van der Waals surface area contributed by atoms with Crippen LogP contribution >= 0.6 is 0 Å². The summed E-state index contributed by atoms with van der Waals surface area (Å²) in [6.45, 7) is -1.07. The highest BCUT2D eigenvalue weighted by Gasteiger charge is 2.31. The van der Waals surface area contributed by atoms with Crippen molar-refractivity contribution in [2.75, 3.05) is 26.2 Å². The van der Waals surface area contributed by atoms with Crippen LogP contribution in [0.4, 0.5) is 14.6 Å². The first-order valence-electron chi connectivity index (χ1n) is 10.5. The summed E-state index contributed by atoms with van der Waals surface area (Å²) < 4.78 is 41.5. The van der Waals surface area contributed by atoms with Gasteiger partial charge in [0.05, 0.1) is 13.2 Å². The van der Waals surface area contributed by atoms with Gasteiger partial charge in [0, 0.05) is 24.5 Å². The third-order valence-corrected chi connectivity index (χ3v) is 5.41.